The molecule has 0 spiro atoms. The number of guanidine groups is 1. The molecule has 1 unspecified atom stereocenters. The molecule has 1 heterocycles. The molecule has 1 aliphatic rings. The number of aryl methyl sites for hydroxylation is 1. The summed E-state index contributed by atoms with van der Waals surface area (Å²) in [6.45, 7) is 7.45. The molecule has 1 aliphatic heterocycles. The summed E-state index contributed by atoms with van der Waals surface area (Å²) < 4.78 is 0. The maximum Gasteiger partial charge on any atom is 0.224 e. The molecule has 1 amide bonds. The SMILES string of the molecule is CN=C(NCCC(=O)N1CCCC(C)C1)NCc1ccc(C)cc1SC.I. The van der Waals surface area contributed by atoms with E-state index in [-0.39, 0.29) is 29.9 Å². The van der Waals surface area contributed by atoms with Crippen LogP contribution in [0.4, 0.5) is 0 Å². The molecule has 5 nitrogen and oxygen atoms in total. The van der Waals surface area contributed by atoms with Crippen molar-refractivity contribution in [3.05, 3.63) is 29.3 Å². The standard InChI is InChI=1S/C20H32N4OS.HI/c1-15-7-8-17(18(12-15)26-4)13-23-20(21-3)22-10-9-19(25)24-11-5-6-16(2)14-24;/h7-8,12,16H,5-6,9-11,13-14H2,1-4H3,(H2,21,22,23);1H. The highest BCUT2D eigenvalue weighted by Gasteiger charge is 2.20. The fourth-order valence-electron chi connectivity index (χ4n) is 3.26. The number of aliphatic imine (C=N–C) groups is 1. The summed E-state index contributed by atoms with van der Waals surface area (Å²) in [5.74, 6) is 1.59. The van der Waals surface area contributed by atoms with E-state index in [0.717, 1.165) is 25.5 Å². The van der Waals surface area contributed by atoms with Gasteiger partial charge in [-0.1, -0.05) is 19.1 Å². The smallest absolute Gasteiger partial charge is 0.224 e. The second-order valence-electron chi connectivity index (χ2n) is 7.00. The molecule has 152 valence electrons. The van der Waals surface area contributed by atoms with Gasteiger partial charge in [-0.05, 0) is 49.1 Å². The number of piperidine rings is 1. The number of nitrogens with zero attached hydrogens (tertiary/aromatic N) is 2. The number of likely N-dealkylation sites (tertiary alicyclic amines) is 1. The molecular weight excluding hydrogens is 471 g/mol. The summed E-state index contributed by atoms with van der Waals surface area (Å²) in [5, 5.41) is 6.60. The van der Waals surface area contributed by atoms with Crippen LogP contribution in [-0.4, -0.2) is 49.7 Å². The maximum absolute atomic E-state index is 12.3. The van der Waals surface area contributed by atoms with Gasteiger partial charge in [0.25, 0.3) is 0 Å². The lowest BCUT2D eigenvalue weighted by Gasteiger charge is -2.31. The molecule has 0 aromatic heterocycles. The Bertz CT molecular complexity index is 638. The lowest BCUT2D eigenvalue weighted by Crippen LogP contribution is -2.42. The highest BCUT2D eigenvalue weighted by Crippen LogP contribution is 2.21. The number of halogens is 1. The van der Waals surface area contributed by atoms with Gasteiger partial charge in [-0.25, -0.2) is 0 Å². The second kappa shape index (κ2) is 12.5. The molecule has 1 atom stereocenters. The first-order valence-electron chi connectivity index (χ1n) is 9.39. The normalized spacial score (nSPS) is 17.3. The summed E-state index contributed by atoms with van der Waals surface area (Å²) in [6.07, 6.45) is 4.96. The van der Waals surface area contributed by atoms with E-state index in [4.69, 9.17) is 0 Å². The monoisotopic (exact) mass is 504 g/mol. The van der Waals surface area contributed by atoms with E-state index in [1.807, 2.05) is 4.90 Å². The van der Waals surface area contributed by atoms with Crippen LogP contribution in [0.25, 0.3) is 0 Å². The van der Waals surface area contributed by atoms with Gasteiger partial charge < -0.3 is 15.5 Å². The van der Waals surface area contributed by atoms with Crippen molar-refractivity contribution < 1.29 is 4.79 Å². The van der Waals surface area contributed by atoms with Crippen molar-refractivity contribution in [1.29, 1.82) is 0 Å². The molecular formula is C20H33IN4OS. The molecule has 0 radical (unpaired) electrons. The van der Waals surface area contributed by atoms with Crippen molar-refractivity contribution in [1.82, 2.24) is 15.5 Å². The van der Waals surface area contributed by atoms with Gasteiger partial charge >= 0.3 is 0 Å². The minimum atomic E-state index is 0. The molecule has 0 aliphatic carbocycles. The number of rotatable bonds is 6. The number of carbonyl (C=O) groups is 1. The first-order chi connectivity index (χ1) is 12.5. The van der Waals surface area contributed by atoms with Crippen LogP contribution >= 0.6 is 35.7 Å². The van der Waals surface area contributed by atoms with Gasteiger partial charge in [-0.2, -0.15) is 0 Å². The molecule has 0 bridgehead atoms. The lowest BCUT2D eigenvalue weighted by atomic mass is 10.00. The fourth-order valence-corrected chi connectivity index (χ4v) is 3.97. The van der Waals surface area contributed by atoms with Crippen LogP contribution < -0.4 is 10.6 Å². The van der Waals surface area contributed by atoms with Crippen molar-refractivity contribution in [2.24, 2.45) is 10.9 Å². The third kappa shape index (κ3) is 7.89. The molecule has 2 N–H and O–H groups in total. The van der Waals surface area contributed by atoms with Crippen LogP contribution in [0.3, 0.4) is 0 Å². The molecule has 27 heavy (non-hydrogen) atoms. The van der Waals surface area contributed by atoms with Crippen LogP contribution in [0.2, 0.25) is 0 Å². The summed E-state index contributed by atoms with van der Waals surface area (Å²) in [7, 11) is 1.76. The van der Waals surface area contributed by atoms with Crippen molar-refractivity contribution in [2.75, 3.05) is 32.9 Å². The summed E-state index contributed by atoms with van der Waals surface area (Å²) in [5.41, 5.74) is 2.52. The molecule has 1 aromatic rings. The van der Waals surface area contributed by atoms with Crippen molar-refractivity contribution in [3.8, 4) is 0 Å². The zero-order chi connectivity index (χ0) is 18.9. The molecule has 1 aromatic carbocycles. The van der Waals surface area contributed by atoms with Gasteiger partial charge in [-0.3, -0.25) is 9.79 Å². The van der Waals surface area contributed by atoms with E-state index >= 15 is 0 Å². The Morgan fingerprint density at radius 1 is 1.37 bits per heavy atom. The van der Waals surface area contributed by atoms with Crippen molar-refractivity contribution in [2.45, 2.75) is 44.6 Å². The number of hydrogen-bond acceptors (Lipinski definition) is 3. The number of amides is 1. The minimum absolute atomic E-state index is 0. The Labute approximate surface area is 185 Å². The minimum Gasteiger partial charge on any atom is -0.356 e. The summed E-state index contributed by atoms with van der Waals surface area (Å²) in [4.78, 5) is 19.9. The number of thioether (sulfide) groups is 1. The molecule has 1 saturated heterocycles. The highest BCUT2D eigenvalue weighted by molar-refractivity contribution is 14.0. The molecule has 0 saturated carbocycles. The second-order valence-corrected chi connectivity index (χ2v) is 7.85. The fraction of sp³-hybridized carbons (Fsp3) is 0.600. The van der Waals surface area contributed by atoms with E-state index in [9.17, 15) is 4.79 Å². The van der Waals surface area contributed by atoms with Gasteiger partial charge in [0.2, 0.25) is 5.91 Å². The Morgan fingerprint density at radius 2 is 2.15 bits per heavy atom. The Balaban J connectivity index is 0.00000364. The molecule has 2 rings (SSSR count). The van der Waals surface area contributed by atoms with E-state index in [2.05, 4.69) is 53.9 Å². The van der Waals surface area contributed by atoms with Crippen molar-refractivity contribution in [3.63, 3.8) is 0 Å². The van der Waals surface area contributed by atoms with E-state index in [1.54, 1.807) is 18.8 Å². The third-order valence-electron chi connectivity index (χ3n) is 4.75. The zero-order valence-corrected chi connectivity index (χ0v) is 20.0. The van der Waals surface area contributed by atoms with Crippen molar-refractivity contribution >= 4 is 47.6 Å². The lowest BCUT2D eigenvalue weighted by molar-refractivity contribution is -0.132. The zero-order valence-electron chi connectivity index (χ0n) is 16.9. The van der Waals surface area contributed by atoms with Gasteiger partial charge in [0.1, 0.15) is 0 Å². The van der Waals surface area contributed by atoms with E-state index in [1.165, 1.54) is 22.4 Å². The number of benzene rings is 1. The highest BCUT2D eigenvalue weighted by atomic mass is 127. The van der Waals surface area contributed by atoms with Crippen LogP contribution in [-0.2, 0) is 11.3 Å². The van der Waals surface area contributed by atoms with Crippen LogP contribution in [0.15, 0.2) is 28.1 Å². The van der Waals surface area contributed by atoms with Gasteiger partial charge in [0, 0.05) is 44.5 Å². The first kappa shape index (κ1) is 24.1. The van der Waals surface area contributed by atoms with Crippen LogP contribution in [0.1, 0.15) is 37.3 Å². The first-order valence-corrected chi connectivity index (χ1v) is 10.6. The molecule has 7 heteroatoms. The number of carbonyl (C=O) groups excluding carboxylic acids is 1. The average molecular weight is 504 g/mol. The van der Waals surface area contributed by atoms with E-state index < -0.39 is 0 Å². The number of hydrogen-bond donors (Lipinski definition) is 2. The van der Waals surface area contributed by atoms with Gasteiger partial charge in [0.15, 0.2) is 5.96 Å². The van der Waals surface area contributed by atoms with Crippen LogP contribution in [0.5, 0.6) is 0 Å². The predicted octanol–water partition coefficient (Wildman–Crippen LogP) is 3.65. The third-order valence-corrected chi connectivity index (χ3v) is 5.57. The van der Waals surface area contributed by atoms with Gasteiger partial charge in [0.05, 0.1) is 0 Å². The number of nitrogens with one attached hydrogen (secondary N) is 2. The maximum atomic E-state index is 12.3. The quantitative estimate of drug-likeness (QED) is 0.269. The van der Waals surface area contributed by atoms with Gasteiger partial charge in [-0.15, -0.1) is 35.7 Å². The van der Waals surface area contributed by atoms with E-state index in [0.29, 0.717) is 25.4 Å². The Kier molecular flexibility index (Phi) is 11.1. The topological polar surface area (TPSA) is 56.7 Å². The Morgan fingerprint density at radius 3 is 2.81 bits per heavy atom. The average Bonchev–Trinajstić information content (AvgIpc) is 2.65. The molecule has 1 fully saturated rings. The summed E-state index contributed by atoms with van der Waals surface area (Å²) in [6, 6.07) is 6.49. The predicted molar refractivity (Wildman–Crippen MR) is 126 cm³/mol. The summed E-state index contributed by atoms with van der Waals surface area (Å²) >= 11 is 1.76. The van der Waals surface area contributed by atoms with Crippen LogP contribution in [0, 0.1) is 12.8 Å². The largest absolute Gasteiger partial charge is 0.356 e. The Hall–Kier alpha value is -0.960.